The molecule has 0 unspecified atom stereocenters. The Morgan fingerprint density at radius 2 is 1.66 bits per heavy atom. The molecule has 1 fully saturated rings. The molecular formula is C26H20Cl2N2O5. The largest absolute Gasteiger partial charge is 0.490 e. The highest BCUT2D eigenvalue weighted by Gasteiger charge is 2.36. The van der Waals surface area contributed by atoms with Gasteiger partial charge in [-0.2, -0.15) is 0 Å². The Morgan fingerprint density at radius 1 is 0.943 bits per heavy atom. The minimum absolute atomic E-state index is 0.240. The molecule has 0 spiro atoms. The van der Waals surface area contributed by atoms with Crippen LogP contribution in [0, 0.1) is 0 Å². The number of imide groups is 2. The Hall–Kier alpha value is -3.81. The molecule has 0 aromatic heterocycles. The highest BCUT2D eigenvalue weighted by atomic mass is 35.5. The minimum Gasteiger partial charge on any atom is -0.490 e. The Bertz CT molecular complexity index is 1310. The number of barbiturate groups is 1. The van der Waals surface area contributed by atoms with Gasteiger partial charge in [-0.05, 0) is 60.5 Å². The number of amides is 4. The zero-order valence-corrected chi connectivity index (χ0v) is 20.1. The number of nitrogens with one attached hydrogen (secondary N) is 1. The lowest BCUT2D eigenvalue weighted by molar-refractivity contribution is -0.122. The lowest BCUT2D eigenvalue weighted by atomic mass is 10.1. The predicted octanol–water partition coefficient (Wildman–Crippen LogP) is 5.64. The lowest BCUT2D eigenvalue weighted by Gasteiger charge is -2.26. The summed E-state index contributed by atoms with van der Waals surface area (Å²) in [4.78, 5) is 38.9. The van der Waals surface area contributed by atoms with Gasteiger partial charge in [0.2, 0.25) is 0 Å². The lowest BCUT2D eigenvalue weighted by Crippen LogP contribution is -2.54. The van der Waals surface area contributed by atoms with Crippen LogP contribution in [0.15, 0.2) is 72.3 Å². The van der Waals surface area contributed by atoms with Crippen LogP contribution in [0.5, 0.6) is 11.5 Å². The van der Waals surface area contributed by atoms with Gasteiger partial charge in [-0.15, -0.1) is 0 Å². The van der Waals surface area contributed by atoms with Gasteiger partial charge in [0.05, 0.1) is 17.3 Å². The van der Waals surface area contributed by atoms with E-state index in [1.807, 2.05) is 37.3 Å². The Balaban J connectivity index is 1.66. The van der Waals surface area contributed by atoms with Gasteiger partial charge in [-0.3, -0.25) is 14.9 Å². The van der Waals surface area contributed by atoms with Crippen LogP contribution in [0.25, 0.3) is 6.08 Å². The number of hydrogen-bond donors (Lipinski definition) is 1. The molecule has 178 valence electrons. The second kappa shape index (κ2) is 10.6. The highest BCUT2D eigenvalue weighted by Crippen LogP contribution is 2.38. The average Bonchev–Trinajstić information content (AvgIpc) is 2.83. The zero-order valence-electron chi connectivity index (χ0n) is 18.6. The number of ether oxygens (including phenoxy) is 2. The number of rotatable bonds is 7. The van der Waals surface area contributed by atoms with E-state index in [1.54, 1.807) is 24.3 Å². The van der Waals surface area contributed by atoms with Crippen molar-refractivity contribution in [2.24, 2.45) is 0 Å². The molecule has 0 atom stereocenters. The summed E-state index contributed by atoms with van der Waals surface area (Å²) in [6.07, 6.45) is 1.35. The van der Waals surface area contributed by atoms with Crippen molar-refractivity contribution in [3.05, 3.63) is 93.5 Å². The van der Waals surface area contributed by atoms with Crippen LogP contribution < -0.4 is 19.7 Å². The molecule has 3 aromatic carbocycles. The van der Waals surface area contributed by atoms with E-state index < -0.39 is 17.8 Å². The number of carbonyl (C=O) groups is 3. The van der Waals surface area contributed by atoms with Gasteiger partial charge < -0.3 is 9.47 Å². The maximum atomic E-state index is 13.1. The fraction of sp³-hybridized carbons (Fsp3) is 0.115. The molecular weight excluding hydrogens is 491 g/mol. The molecule has 1 aliphatic rings. The van der Waals surface area contributed by atoms with Gasteiger partial charge in [0.15, 0.2) is 11.5 Å². The molecule has 0 saturated carbocycles. The summed E-state index contributed by atoms with van der Waals surface area (Å²) in [5.41, 5.74) is 1.41. The molecule has 9 heteroatoms. The summed E-state index contributed by atoms with van der Waals surface area (Å²) < 4.78 is 11.6. The van der Waals surface area contributed by atoms with E-state index in [1.165, 1.54) is 18.2 Å². The van der Waals surface area contributed by atoms with Crippen LogP contribution >= 0.6 is 23.2 Å². The summed E-state index contributed by atoms with van der Waals surface area (Å²) in [6, 6.07) is 18.0. The number of anilines is 1. The maximum Gasteiger partial charge on any atom is 0.335 e. The SMILES string of the molecule is CCOc1cc(/C=C2\C(=O)NC(=O)N(c3ccc(Cl)cc3)C2=O)cc(Cl)c1OCc1ccccc1. The van der Waals surface area contributed by atoms with Crippen molar-refractivity contribution >= 4 is 52.8 Å². The first-order valence-corrected chi connectivity index (χ1v) is 11.4. The second-order valence-electron chi connectivity index (χ2n) is 7.47. The smallest absolute Gasteiger partial charge is 0.335 e. The summed E-state index contributed by atoms with van der Waals surface area (Å²) >= 11 is 12.4. The molecule has 7 nitrogen and oxygen atoms in total. The first-order valence-electron chi connectivity index (χ1n) is 10.7. The number of nitrogens with zero attached hydrogens (tertiary/aromatic N) is 1. The van der Waals surface area contributed by atoms with Crippen molar-refractivity contribution < 1.29 is 23.9 Å². The van der Waals surface area contributed by atoms with E-state index >= 15 is 0 Å². The van der Waals surface area contributed by atoms with E-state index in [-0.39, 0.29) is 22.9 Å². The molecule has 0 radical (unpaired) electrons. The fourth-order valence-electron chi connectivity index (χ4n) is 3.45. The molecule has 35 heavy (non-hydrogen) atoms. The first kappa shape index (κ1) is 24.3. The normalized spacial score (nSPS) is 14.8. The van der Waals surface area contributed by atoms with Gasteiger partial charge in [0, 0.05) is 5.02 Å². The van der Waals surface area contributed by atoms with Crippen LogP contribution in [0.1, 0.15) is 18.1 Å². The average molecular weight is 511 g/mol. The summed E-state index contributed by atoms with van der Waals surface area (Å²) in [5, 5.41) is 2.87. The van der Waals surface area contributed by atoms with Gasteiger partial charge in [-0.25, -0.2) is 9.69 Å². The number of urea groups is 1. The van der Waals surface area contributed by atoms with Crippen molar-refractivity contribution in [3.63, 3.8) is 0 Å². The van der Waals surface area contributed by atoms with Crippen molar-refractivity contribution in [1.82, 2.24) is 5.32 Å². The van der Waals surface area contributed by atoms with E-state index in [9.17, 15) is 14.4 Å². The van der Waals surface area contributed by atoms with Crippen LogP contribution in [0.3, 0.4) is 0 Å². The molecule has 0 bridgehead atoms. The van der Waals surface area contributed by atoms with E-state index in [2.05, 4.69) is 5.32 Å². The molecule has 4 amide bonds. The summed E-state index contributed by atoms with van der Waals surface area (Å²) in [5.74, 6) is -0.891. The van der Waals surface area contributed by atoms with Crippen LogP contribution in [0.2, 0.25) is 10.0 Å². The van der Waals surface area contributed by atoms with Crippen LogP contribution in [-0.4, -0.2) is 24.5 Å². The monoisotopic (exact) mass is 510 g/mol. The summed E-state index contributed by atoms with van der Waals surface area (Å²) in [7, 11) is 0. The summed E-state index contributed by atoms with van der Waals surface area (Å²) in [6.45, 7) is 2.43. The first-order chi connectivity index (χ1) is 16.9. The fourth-order valence-corrected chi connectivity index (χ4v) is 3.85. The van der Waals surface area contributed by atoms with E-state index in [0.29, 0.717) is 28.7 Å². The Labute approximate surface area is 211 Å². The zero-order chi connectivity index (χ0) is 24.9. The second-order valence-corrected chi connectivity index (χ2v) is 8.32. The predicted molar refractivity (Wildman–Crippen MR) is 134 cm³/mol. The highest BCUT2D eigenvalue weighted by molar-refractivity contribution is 6.39. The van der Waals surface area contributed by atoms with Crippen molar-refractivity contribution in [2.45, 2.75) is 13.5 Å². The number of benzene rings is 3. The van der Waals surface area contributed by atoms with Crippen LogP contribution in [0.4, 0.5) is 10.5 Å². The molecule has 1 N–H and O–H groups in total. The standard InChI is InChI=1S/C26H20Cl2N2O5/c1-2-34-22-14-17(13-21(28)23(22)35-15-16-6-4-3-5-7-16)12-20-24(31)29-26(33)30(25(20)32)19-10-8-18(27)9-11-19/h3-14H,2,15H2,1H3,(H,29,31,33)/b20-12+. The Kier molecular flexibility index (Phi) is 7.39. The van der Waals surface area contributed by atoms with Crippen molar-refractivity contribution in [3.8, 4) is 11.5 Å². The number of halogens is 2. The molecule has 4 rings (SSSR count). The minimum atomic E-state index is -0.850. The van der Waals surface area contributed by atoms with E-state index in [0.717, 1.165) is 10.5 Å². The van der Waals surface area contributed by atoms with Crippen LogP contribution in [-0.2, 0) is 16.2 Å². The van der Waals surface area contributed by atoms with Gasteiger partial charge in [0.25, 0.3) is 11.8 Å². The molecule has 0 aliphatic carbocycles. The molecule has 1 heterocycles. The number of carbonyl (C=O) groups excluding carboxylic acids is 3. The third-order valence-electron chi connectivity index (χ3n) is 5.06. The third-order valence-corrected chi connectivity index (χ3v) is 5.59. The Morgan fingerprint density at radius 3 is 2.34 bits per heavy atom. The third kappa shape index (κ3) is 5.48. The van der Waals surface area contributed by atoms with Crippen molar-refractivity contribution in [1.29, 1.82) is 0 Å². The topological polar surface area (TPSA) is 84.9 Å². The molecule has 3 aromatic rings. The van der Waals surface area contributed by atoms with E-state index in [4.69, 9.17) is 32.7 Å². The van der Waals surface area contributed by atoms with Gasteiger partial charge in [-0.1, -0.05) is 53.5 Å². The van der Waals surface area contributed by atoms with Gasteiger partial charge in [0.1, 0.15) is 12.2 Å². The van der Waals surface area contributed by atoms with Crippen molar-refractivity contribution in [2.75, 3.05) is 11.5 Å². The maximum absolute atomic E-state index is 13.1. The molecule has 1 aliphatic heterocycles. The van der Waals surface area contributed by atoms with Gasteiger partial charge >= 0.3 is 6.03 Å². The quantitative estimate of drug-likeness (QED) is 0.328. The number of hydrogen-bond acceptors (Lipinski definition) is 5. The molecule has 1 saturated heterocycles.